The van der Waals surface area contributed by atoms with E-state index < -0.39 is 10.0 Å². The van der Waals surface area contributed by atoms with Crippen LogP contribution in [0.2, 0.25) is 0 Å². The zero-order valence-corrected chi connectivity index (χ0v) is 19.3. The average molecular weight is 429 g/mol. The van der Waals surface area contributed by atoms with E-state index in [0.29, 0.717) is 36.7 Å². The lowest BCUT2D eigenvalue weighted by Crippen LogP contribution is -2.41. The number of nitrogens with zero attached hydrogens (tertiary/aromatic N) is 1. The number of piperidine rings is 1. The zero-order valence-electron chi connectivity index (χ0n) is 18.5. The number of aryl methyl sites for hydroxylation is 3. The summed E-state index contributed by atoms with van der Waals surface area (Å²) in [7, 11) is -3.56. The van der Waals surface area contributed by atoms with Gasteiger partial charge in [0.2, 0.25) is 15.9 Å². The highest BCUT2D eigenvalue weighted by molar-refractivity contribution is 7.89. The van der Waals surface area contributed by atoms with Gasteiger partial charge in [0.05, 0.1) is 4.90 Å². The predicted molar refractivity (Wildman–Crippen MR) is 121 cm³/mol. The van der Waals surface area contributed by atoms with Crippen molar-refractivity contribution in [2.24, 2.45) is 5.92 Å². The lowest BCUT2D eigenvalue weighted by Gasteiger charge is -2.31. The number of para-hydroxylation sites is 1. The van der Waals surface area contributed by atoms with Gasteiger partial charge in [-0.05, 0) is 62.3 Å². The van der Waals surface area contributed by atoms with Crippen molar-refractivity contribution in [3.05, 3.63) is 58.7 Å². The van der Waals surface area contributed by atoms with Crippen LogP contribution in [-0.2, 0) is 14.8 Å². The summed E-state index contributed by atoms with van der Waals surface area (Å²) in [6.07, 6.45) is 1.05. The molecule has 3 rings (SSSR count). The molecule has 1 N–H and O–H groups in total. The molecule has 0 aliphatic carbocycles. The molecule has 0 saturated carbocycles. The molecule has 1 aliphatic rings. The van der Waals surface area contributed by atoms with E-state index in [1.165, 1.54) is 4.31 Å². The normalized spacial score (nSPS) is 16.1. The van der Waals surface area contributed by atoms with E-state index in [-0.39, 0.29) is 11.8 Å². The Labute approximate surface area is 180 Å². The van der Waals surface area contributed by atoms with Crippen LogP contribution >= 0.6 is 0 Å². The van der Waals surface area contributed by atoms with E-state index in [9.17, 15) is 13.2 Å². The molecule has 6 heteroatoms. The summed E-state index contributed by atoms with van der Waals surface area (Å²) in [5.74, 6) is 0.106. The molecule has 1 fully saturated rings. The van der Waals surface area contributed by atoms with Crippen molar-refractivity contribution in [1.29, 1.82) is 0 Å². The van der Waals surface area contributed by atoms with E-state index >= 15 is 0 Å². The molecule has 2 aromatic rings. The number of hydrogen-bond donors (Lipinski definition) is 1. The fourth-order valence-corrected chi connectivity index (χ4v) is 6.29. The molecule has 5 nitrogen and oxygen atoms in total. The SMILES string of the molecule is Cc1cc(C)c(S(=O)(=O)N2CCC(C(=O)Nc3ccccc3C(C)C)CC2)c(C)c1. The maximum Gasteiger partial charge on any atom is 0.243 e. The number of benzene rings is 2. The Morgan fingerprint density at radius 2 is 1.60 bits per heavy atom. The van der Waals surface area contributed by atoms with E-state index in [0.717, 1.165) is 27.9 Å². The molecular formula is C24H32N2O3S. The third-order valence-corrected chi connectivity index (χ3v) is 8.07. The molecule has 0 unspecified atom stereocenters. The summed E-state index contributed by atoms with van der Waals surface area (Å²) in [6.45, 7) is 10.6. The molecule has 1 aliphatic heterocycles. The molecule has 0 aromatic heterocycles. The summed E-state index contributed by atoms with van der Waals surface area (Å²) < 4.78 is 28.0. The zero-order chi connectivity index (χ0) is 22.1. The standard InChI is InChI=1S/C24H32N2O3S/c1-16(2)21-8-6-7-9-22(21)25-24(27)20-10-12-26(13-11-20)30(28,29)23-18(4)14-17(3)15-19(23)5/h6-9,14-16,20H,10-13H2,1-5H3,(H,25,27). The number of carbonyl (C=O) groups excluding carboxylic acids is 1. The highest BCUT2D eigenvalue weighted by atomic mass is 32.2. The van der Waals surface area contributed by atoms with E-state index in [1.54, 1.807) is 0 Å². The van der Waals surface area contributed by atoms with Crippen molar-refractivity contribution in [2.45, 2.75) is 58.3 Å². The molecule has 1 amide bonds. The molecule has 0 spiro atoms. The van der Waals surface area contributed by atoms with Gasteiger partial charge in [0.1, 0.15) is 0 Å². The largest absolute Gasteiger partial charge is 0.326 e. The topological polar surface area (TPSA) is 66.5 Å². The van der Waals surface area contributed by atoms with Crippen LogP contribution in [-0.4, -0.2) is 31.7 Å². The summed E-state index contributed by atoms with van der Waals surface area (Å²) in [5.41, 5.74) is 4.56. The van der Waals surface area contributed by atoms with Gasteiger partial charge in [-0.1, -0.05) is 49.7 Å². The number of carbonyl (C=O) groups is 1. The first-order valence-electron chi connectivity index (χ1n) is 10.6. The summed E-state index contributed by atoms with van der Waals surface area (Å²) in [6, 6.07) is 11.7. The second-order valence-electron chi connectivity index (χ2n) is 8.64. The van der Waals surface area contributed by atoms with Crippen LogP contribution in [0, 0.1) is 26.7 Å². The summed E-state index contributed by atoms with van der Waals surface area (Å²) in [5, 5.41) is 3.06. The van der Waals surface area contributed by atoms with Crippen molar-refractivity contribution in [3.63, 3.8) is 0 Å². The Hall–Kier alpha value is -2.18. The van der Waals surface area contributed by atoms with Crippen molar-refractivity contribution < 1.29 is 13.2 Å². The molecule has 30 heavy (non-hydrogen) atoms. The molecular weight excluding hydrogens is 396 g/mol. The number of nitrogens with one attached hydrogen (secondary N) is 1. The molecule has 0 bridgehead atoms. The number of anilines is 1. The Balaban J connectivity index is 1.70. The smallest absolute Gasteiger partial charge is 0.243 e. The monoisotopic (exact) mass is 428 g/mol. The molecule has 2 aromatic carbocycles. The average Bonchev–Trinajstić information content (AvgIpc) is 2.67. The van der Waals surface area contributed by atoms with Gasteiger partial charge in [-0.3, -0.25) is 4.79 Å². The van der Waals surface area contributed by atoms with Crippen molar-refractivity contribution in [1.82, 2.24) is 4.31 Å². The number of sulfonamides is 1. The molecule has 1 heterocycles. The van der Waals surface area contributed by atoms with Crippen LogP contribution in [0.5, 0.6) is 0 Å². The van der Waals surface area contributed by atoms with Gasteiger partial charge in [0.25, 0.3) is 0 Å². The Morgan fingerprint density at radius 1 is 1.03 bits per heavy atom. The quantitative estimate of drug-likeness (QED) is 0.746. The van der Waals surface area contributed by atoms with Crippen molar-refractivity contribution >= 4 is 21.6 Å². The first-order valence-corrected chi connectivity index (χ1v) is 12.0. The number of hydrogen-bond acceptors (Lipinski definition) is 3. The maximum atomic E-state index is 13.3. The third kappa shape index (κ3) is 4.60. The number of amides is 1. The molecule has 0 radical (unpaired) electrons. The Bertz CT molecular complexity index is 1010. The minimum absolute atomic E-state index is 0.0251. The Morgan fingerprint density at radius 3 is 2.17 bits per heavy atom. The highest BCUT2D eigenvalue weighted by Crippen LogP contribution is 2.30. The predicted octanol–water partition coefficient (Wildman–Crippen LogP) is 4.77. The van der Waals surface area contributed by atoms with Crippen LogP contribution in [0.3, 0.4) is 0 Å². The first-order chi connectivity index (χ1) is 14.1. The molecule has 1 saturated heterocycles. The number of rotatable bonds is 5. The van der Waals surface area contributed by atoms with Gasteiger partial charge in [-0.2, -0.15) is 4.31 Å². The van der Waals surface area contributed by atoms with Gasteiger partial charge in [-0.25, -0.2) is 8.42 Å². The second kappa shape index (κ2) is 8.90. The van der Waals surface area contributed by atoms with Gasteiger partial charge in [0.15, 0.2) is 0 Å². The Kier molecular flexibility index (Phi) is 6.68. The van der Waals surface area contributed by atoms with E-state index in [4.69, 9.17) is 0 Å². The first kappa shape index (κ1) is 22.5. The van der Waals surface area contributed by atoms with E-state index in [2.05, 4.69) is 19.2 Å². The van der Waals surface area contributed by atoms with Crippen LogP contribution < -0.4 is 5.32 Å². The minimum Gasteiger partial charge on any atom is -0.326 e. The summed E-state index contributed by atoms with van der Waals surface area (Å²) in [4.78, 5) is 13.2. The highest BCUT2D eigenvalue weighted by Gasteiger charge is 2.33. The third-order valence-electron chi connectivity index (χ3n) is 5.87. The van der Waals surface area contributed by atoms with Gasteiger partial charge >= 0.3 is 0 Å². The molecule has 0 atom stereocenters. The van der Waals surface area contributed by atoms with Crippen LogP contribution in [0.1, 0.15) is 54.9 Å². The van der Waals surface area contributed by atoms with Crippen LogP contribution in [0.25, 0.3) is 0 Å². The van der Waals surface area contributed by atoms with E-state index in [1.807, 2.05) is 57.2 Å². The van der Waals surface area contributed by atoms with Crippen LogP contribution in [0.15, 0.2) is 41.3 Å². The molecule has 162 valence electrons. The lowest BCUT2D eigenvalue weighted by molar-refractivity contribution is -0.120. The fourth-order valence-electron chi connectivity index (χ4n) is 4.41. The fraction of sp³-hybridized carbons (Fsp3) is 0.458. The lowest BCUT2D eigenvalue weighted by atomic mass is 9.96. The summed E-state index contributed by atoms with van der Waals surface area (Å²) >= 11 is 0. The van der Waals surface area contributed by atoms with Crippen molar-refractivity contribution in [2.75, 3.05) is 18.4 Å². The minimum atomic E-state index is -3.56. The second-order valence-corrected chi connectivity index (χ2v) is 10.5. The van der Waals surface area contributed by atoms with Gasteiger partial charge in [-0.15, -0.1) is 0 Å². The maximum absolute atomic E-state index is 13.3. The van der Waals surface area contributed by atoms with Crippen LogP contribution in [0.4, 0.5) is 5.69 Å². The van der Waals surface area contributed by atoms with Gasteiger partial charge < -0.3 is 5.32 Å². The van der Waals surface area contributed by atoms with Crippen molar-refractivity contribution in [3.8, 4) is 0 Å². The van der Waals surface area contributed by atoms with Gasteiger partial charge in [0, 0.05) is 24.7 Å².